The number of hydrogen-bond acceptors (Lipinski definition) is 2. The third kappa shape index (κ3) is 2.59. The summed E-state index contributed by atoms with van der Waals surface area (Å²) in [6, 6.07) is 5.28. The summed E-state index contributed by atoms with van der Waals surface area (Å²) in [5, 5.41) is 4.80. The van der Waals surface area contributed by atoms with Crippen molar-refractivity contribution in [1.29, 1.82) is 0 Å². The van der Waals surface area contributed by atoms with E-state index in [0.29, 0.717) is 6.54 Å². The van der Waals surface area contributed by atoms with Gasteiger partial charge in [-0.2, -0.15) is 0 Å². The average Bonchev–Trinajstić information content (AvgIpc) is 2.66. The van der Waals surface area contributed by atoms with Crippen LogP contribution >= 0.6 is 27.3 Å². The molecule has 1 heterocycles. The molecular formula is C11H8BrF2NS. The van der Waals surface area contributed by atoms with E-state index < -0.39 is 11.6 Å². The minimum Gasteiger partial charge on any atom is -0.378 e. The highest BCUT2D eigenvalue weighted by molar-refractivity contribution is 9.10. The van der Waals surface area contributed by atoms with Crippen LogP contribution in [0, 0.1) is 11.6 Å². The Kier molecular flexibility index (Phi) is 3.56. The summed E-state index contributed by atoms with van der Waals surface area (Å²) < 4.78 is 27.1. The molecule has 1 nitrogen and oxygen atoms in total. The van der Waals surface area contributed by atoms with Crippen molar-refractivity contribution >= 4 is 33.0 Å². The first kappa shape index (κ1) is 11.5. The summed E-state index contributed by atoms with van der Waals surface area (Å²) in [4.78, 5) is 1.05. The lowest BCUT2D eigenvalue weighted by Crippen LogP contribution is -2.00. The van der Waals surface area contributed by atoms with E-state index in [1.54, 1.807) is 11.3 Å². The van der Waals surface area contributed by atoms with Crippen LogP contribution < -0.4 is 5.32 Å². The van der Waals surface area contributed by atoms with Crippen LogP contribution in [0.4, 0.5) is 14.5 Å². The highest BCUT2D eigenvalue weighted by Crippen LogP contribution is 2.24. The van der Waals surface area contributed by atoms with Gasteiger partial charge in [-0.05, 0) is 45.6 Å². The number of anilines is 1. The van der Waals surface area contributed by atoms with E-state index in [1.807, 2.05) is 11.4 Å². The Bertz CT molecular complexity index is 498. The molecule has 0 saturated carbocycles. The monoisotopic (exact) mass is 303 g/mol. The van der Waals surface area contributed by atoms with E-state index in [9.17, 15) is 8.78 Å². The van der Waals surface area contributed by atoms with Crippen LogP contribution in [0.5, 0.6) is 0 Å². The molecule has 0 amide bonds. The molecule has 5 heteroatoms. The maximum absolute atomic E-state index is 13.3. The first-order valence-corrected chi connectivity index (χ1v) is 6.25. The summed E-state index contributed by atoms with van der Waals surface area (Å²) in [5.74, 6) is -0.900. The Morgan fingerprint density at radius 1 is 1.25 bits per heavy atom. The maximum Gasteiger partial charge on any atom is 0.146 e. The predicted molar refractivity (Wildman–Crippen MR) is 65.7 cm³/mol. The molecule has 0 aliphatic carbocycles. The topological polar surface area (TPSA) is 12.0 Å². The molecule has 0 unspecified atom stereocenters. The van der Waals surface area contributed by atoms with Crippen LogP contribution in [-0.2, 0) is 6.54 Å². The molecule has 0 bridgehead atoms. The molecule has 0 aliphatic rings. The lowest BCUT2D eigenvalue weighted by atomic mass is 10.3. The van der Waals surface area contributed by atoms with Gasteiger partial charge >= 0.3 is 0 Å². The van der Waals surface area contributed by atoms with Gasteiger partial charge in [0, 0.05) is 9.35 Å². The lowest BCUT2D eigenvalue weighted by molar-refractivity contribution is 0.602. The van der Waals surface area contributed by atoms with Crippen molar-refractivity contribution in [2.24, 2.45) is 0 Å². The molecule has 0 radical (unpaired) electrons. The fourth-order valence-corrected chi connectivity index (χ4v) is 2.69. The van der Waals surface area contributed by atoms with E-state index >= 15 is 0 Å². The molecule has 0 atom stereocenters. The van der Waals surface area contributed by atoms with Gasteiger partial charge < -0.3 is 5.32 Å². The largest absolute Gasteiger partial charge is 0.378 e. The first-order valence-electron chi connectivity index (χ1n) is 4.57. The number of hydrogen-bond donors (Lipinski definition) is 1. The molecule has 2 rings (SSSR count). The second kappa shape index (κ2) is 4.93. The Morgan fingerprint density at radius 3 is 2.75 bits per heavy atom. The molecule has 0 aliphatic heterocycles. The summed E-state index contributed by atoms with van der Waals surface area (Å²) in [6.07, 6.45) is 0. The zero-order valence-electron chi connectivity index (χ0n) is 8.14. The summed E-state index contributed by atoms with van der Waals surface area (Å²) in [7, 11) is 0. The molecular weight excluding hydrogens is 296 g/mol. The van der Waals surface area contributed by atoms with Gasteiger partial charge in [0.15, 0.2) is 0 Å². The van der Waals surface area contributed by atoms with E-state index in [2.05, 4.69) is 21.2 Å². The highest BCUT2D eigenvalue weighted by atomic mass is 79.9. The number of rotatable bonds is 3. The number of thiophene rings is 1. The van der Waals surface area contributed by atoms with Crippen molar-refractivity contribution < 1.29 is 8.78 Å². The Balaban J connectivity index is 2.10. The predicted octanol–water partition coefficient (Wildman–Crippen LogP) is 4.40. The van der Waals surface area contributed by atoms with Crippen LogP contribution in [0.1, 0.15) is 4.88 Å². The van der Waals surface area contributed by atoms with E-state index in [4.69, 9.17) is 0 Å². The summed E-state index contributed by atoms with van der Waals surface area (Å²) >= 11 is 4.93. The van der Waals surface area contributed by atoms with Crippen LogP contribution in [-0.4, -0.2) is 0 Å². The number of halogens is 3. The standard InChI is InChI=1S/C11H8BrF2NS/c12-8-3-4-16-11(8)6-15-10-5-7(13)1-2-9(10)14/h1-5,15H,6H2. The molecule has 16 heavy (non-hydrogen) atoms. The quantitative estimate of drug-likeness (QED) is 0.886. The van der Waals surface area contributed by atoms with Crippen LogP contribution in [0.2, 0.25) is 0 Å². The van der Waals surface area contributed by atoms with Gasteiger partial charge in [-0.25, -0.2) is 8.78 Å². The van der Waals surface area contributed by atoms with Gasteiger partial charge in [-0.1, -0.05) is 0 Å². The van der Waals surface area contributed by atoms with Crippen LogP contribution in [0.3, 0.4) is 0 Å². The third-order valence-electron chi connectivity index (χ3n) is 2.06. The van der Waals surface area contributed by atoms with Gasteiger partial charge in [0.2, 0.25) is 0 Å². The summed E-state index contributed by atoms with van der Waals surface area (Å²) in [6.45, 7) is 0.471. The van der Waals surface area contributed by atoms with Gasteiger partial charge in [0.25, 0.3) is 0 Å². The van der Waals surface area contributed by atoms with Crippen molar-refractivity contribution in [3.05, 3.63) is 50.6 Å². The second-order valence-corrected chi connectivity index (χ2v) is 5.02. The Labute approximate surface area is 104 Å². The molecule has 1 N–H and O–H groups in total. The van der Waals surface area contributed by atoms with Gasteiger partial charge in [0.05, 0.1) is 12.2 Å². The van der Waals surface area contributed by atoms with Crippen LogP contribution in [0.15, 0.2) is 34.1 Å². The van der Waals surface area contributed by atoms with Crippen molar-refractivity contribution in [3.63, 3.8) is 0 Å². The fraction of sp³-hybridized carbons (Fsp3) is 0.0909. The molecule has 1 aromatic heterocycles. The molecule has 0 saturated heterocycles. The average molecular weight is 304 g/mol. The van der Waals surface area contributed by atoms with Crippen LogP contribution in [0.25, 0.3) is 0 Å². The van der Waals surface area contributed by atoms with Gasteiger partial charge in [-0.15, -0.1) is 11.3 Å². The smallest absolute Gasteiger partial charge is 0.146 e. The minimum atomic E-state index is -0.450. The first-order chi connectivity index (χ1) is 7.66. The molecule has 0 spiro atoms. The van der Waals surface area contributed by atoms with E-state index in [0.717, 1.165) is 27.5 Å². The minimum absolute atomic E-state index is 0.181. The van der Waals surface area contributed by atoms with Crippen molar-refractivity contribution in [2.75, 3.05) is 5.32 Å². The maximum atomic E-state index is 13.3. The highest BCUT2D eigenvalue weighted by Gasteiger charge is 2.05. The van der Waals surface area contributed by atoms with Crippen molar-refractivity contribution in [3.8, 4) is 0 Å². The van der Waals surface area contributed by atoms with Gasteiger partial charge in [0.1, 0.15) is 11.6 Å². The number of benzene rings is 1. The second-order valence-electron chi connectivity index (χ2n) is 3.17. The fourth-order valence-electron chi connectivity index (χ4n) is 1.26. The molecule has 84 valence electrons. The zero-order chi connectivity index (χ0) is 11.5. The third-order valence-corrected chi connectivity index (χ3v) is 3.99. The summed E-state index contributed by atoms with van der Waals surface area (Å²) in [5.41, 5.74) is 0.181. The number of nitrogens with one attached hydrogen (secondary N) is 1. The molecule has 1 aromatic carbocycles. The Morgan fingerprint density at radius 2 is 2.06 bits per heavy atom. The molecule has 0 fully saturated rings. The van der Waals surface area contributed by atoms with Crippen molar-refractivity contribution in [2.45, 2.75) is 6.54 Å². The molecule has 2 aromatic rings. The zero-order valence-corrected chi connectivity index (χ0v) is 10.5. The van der Waals surface area contributed by atoms with Gasteiger partial charge in [-0.3, -0.25) is 0 Å². The van der Waals surface area contributed by atoms with Crippen molar-refractivity contribution in [1.82, 2.24) is 0 Å². The normalized spacial score (nSPS) is 10.4. The Hall–Kier alpha value is -0.940. The lowest BCUT2D eigenvalue weighted by Gasteiger charge is -2.06. The van der Waals surface area contributed by atoms with E-state index in [1.165, 1.54) is 0 Å². The SMILES string of the molecule is Fc1ccc(F)c(NCc2sccc2Br)c1. The van der Waals surface area contributed by atoms with E-state index in [-0.39, 0.29) is 5.69 Å².